The molecule has 0 heterocycles. The summed E-state index contributed by atoms with van der Waals surface area (Å²) < 4.78 is 5.55. The van der Waals surface area contributed by atoms with E-state index in [1.165, 1.54) is 25.7 Å². The van der Waals surface area contributed by atoms with E-state index in [1.807, 2.05) is 25.6 Å². The molecule has 0 spiro atoms. The van der Waals surface area contributed by atoms with Crippen LogP contribution in [-0.2, 0) is 9.53 Å². The largest absolute Gasteiger partial charge is 0.369 e. The summed E-state index contributed by atoms with van der Waals surface area (Å²) in [6.45, 7) is 4.85. The van der Waals surface area contributed by atoms with Crippen molar-refractivity contribution in [3.8, 4) is 0 Å². The van der Waals surface area contributed by atoms with Crippen LogP contribution in [0.4, 0.5) is 0 Å². The van der Waals surface area contributed by atoms with Gasteiger partial charge in [0.15, 0.2) is 0 Å². The Balaban J connectivity index is 2.24. The number of ether oxygens (including phenoxy) is 1. The van der Waals surface area contributed by atoms with Crippen molar-refractivity contribution in [3.05, 3.63) is 0 Å². The average Bonchev–Trinajstić information content (AvgIpc) is 2.73. The molecule has 3 nitrogen and oxygen atoms in total. The first-order valence-corrected chi connectivity index (χ1v) is 7.24. The minimum Gasteiger partial charge on any atom is -0.369 e. The van der Waals surface area contributed by atoms with Crippen molar-refractivity contribution in [2.24, 2.45) is 0 Å². The second kappa shape index (κ2) is 6.50. The summed E-state index contributed by atoms with van der Waals surface area (Å²) in [4.78, 5) is 11.5. The number of nitrogens with one attached hydrogen (secondary N) is 1. The van der Waals surface area contributed by atoms with Crippen LogP contribution in [-0.4, -0.2) is 36.2 Å². The van der Waals surface area contributed by atoms with Gasteiger partial charge in [-0.15, -0.1) is 0 Å². The molecule has 0 saturated heterocycles. The fraction of sp³-hybridized carbons (Fsp3) is 0.917. The Labute approximate surface area is 103 Å². The molecule has 1 fully saturated rings. The fourth-order valence-electron chi connectivity index (χ4n) is 2.03. The maximum atomic E-state index is 11.5. The lowest BCUT2D eigenvalue weighted by Gasteiger charge is -2.26. The summed E-state index contributed by atoms with van der Waals surface area (Å²) in [7, 11) is 0. The monoisotopic (exact) mass is 245 g/mol. The molecule has 1 aliphatic carbocycles. The number of hydrogen-bond donors (Lipinski definition) is 1. The smallest absolute Gasteiger partial charge is 0.246 e. The molecule has 0 unspecified atom stereocenters. The third-order valence-corrected chi connectivity index (χ3v) is 4.52. The van der Waals surface area contributed by atoms with Crippen LogP contribution in [0.15, 0.2) is 0 Å². The predicted molar refractivity (Wildman–Crippen MR) is 68.8 cm³/mol. The average molecular weight is 245 g/mol. The molecule has 94 valence electrons. The lowest BCUT2D eigenvalue weighted by Crippen LogP contribution is -2.40. The van der Waals surface area contributed by atoms with Crippen molar-refractivity contribution in [2.45, 2.75) is 50.4 Å². The lowest BCUT2D eigenvalue weighted by atomic mass is 10.1. The number of carbonyl (C=O) groups is 1. The predicted octanol–water partition coefficient (Wildman–Crippen LogP) is 2.20. The third kappa shape index (κ3) is 4.34. The van der Waals surface area contributed by atoms with Crippen LogP contribution in [0.2, 0.25) is 0 Å². The molecule has 0 atom stereocenters. The van der Waals surface area contributed by atoms with E-state index in [9.17, 15) is 4.79 Å². The highest BCUT2D eigenvalue weighted by Gasteiger charge is 2.33. The molecule has 0 aromatic carbocycles. The second-order valence-corrected chi connectivity index (χ2v) is 6.01. The number of amides is 1. The van der Waals surface area contributed by atoms with Crippen molar-refractivity contribution >= 4 is 17.7 Å². The minimum atomic E-state index is 0.00836. The first kappa shape index (κ1) is 13.8. The maximum absolute atomic E-state index is 11.5. The van der Waals surface area contributed by atoms with Gasteiger partial charge in [0.1, 0.15) is 6.61 Å². The Morgan fingerprint density at radius 3 is 2.56 bits per heavy atom. The highest BCUT2D eigenvalue weighted by molar-refractivity contribution is 8.00. The Kier molecular flexibility index (Phi) is 5.62. The van der Waals surface area contributed by atoms with Gasteiger partial charge < -0.3 is 10.1 Å². The highest BCUT2D eigenvalue weighted by atomic mass is 32.2. The van der Waals surface area contributed by atoms with Crippen LogP contribution in [0, 0.1) is 0 Å². The summed E-state index contributed by atoms with van der Waals surface area (Å²) in [5.74, 6) is 0.00836. The van der Waals surface area contributed by atoms with Crippen molar-refractivity contribution < 1.29 is 9.53 Å². The Bertz CT molecular complexity index is 225. The third-order valence-electron chi connectivity index (χ3n) is 3.10. The van der Waals surface area contributed by atoms with E-state index < -0.39 is 0 Å². The molecule has 1 amide bonds. The summed E-state index contributed by atoms with van der Waals surface area (Å²) in [5, 5.41) is 2.99. The van der Waals surface area contributed by atoms with E-state index in [-0.39, 0.29) is 23.4 Å². The maximum Gasteiger partial charge on any atom is 0.246 e. The zero-order valence-corrected chi connectivity index (χ0v) is 11.4. The van der Waals surface area contributed by atoms with Gasteiger partial charge in [-0.1, -0.05) is 12.8 Å². The summed E-state index contributed by atoms with van der Waals surface area (Å²) in [6, 6.07) is 0. The standard InChI is InChI=1S/C12H23NO2S/c1-10(2)15-8-11(14)13-9-12(16-3)6-4-5-7-12/h10H,4-9H2,1-3H3,(H,13,14). The van der Waals surface area contributed by atoms with Crippen LogP contribution in [0.1, 0.15) is 39.5 Å². The molecule has 4 heteroatoms. The fourth-order valence-corrected chi connectivity index (χ4v) is 2.94. The number of thioether (sulfide) groups is 1. The quantitative estimate of drug-likeness (QED) is 0.779. The molecule has 1 rings (SSSR count). The summed E-state index contributed by atoms with van der Waals surface area (Å²) >= 11 is 1.89. The van der Waals surface area contributed by atoms with Gasteiger partial charge >= 0.3 is 0 Å². The van der Waals surface area contributed by atoms with Gasteiger partial charge in [-0.05, 0) is 32.9 Å². The lowest BCUT2D eigenvalue weighted by molar-refractivity contribution is -0.127. The number of hydrogen-bond acceptors (Lipinski definition) is 3. The highest BCUT2D eigenvalue weighted by Crippen LogP contribution is 2.39. The molecular formula is C12H23NO2S. The Hall–Kier alpha value is -0.220. The first-order valence-electron chi connectivity index (χ1n) is 6.01. The van der Waals surface area contributed by atoms with Crippen molar-refractivity contribution in [1.82, 2.24) is 5.32 Å². The van der Waals surface area contributed by atoms with Crippen LogP contribution in [0.5, 0.6) is 0 Å². The minimum absolute atomic E-state index is 0.00836. The van der Waals surface area contributed by atoms with Crippen LogP contribution < -0.4 is 5.32 Å². The number of rotatable bonds is 6. The van der Waals surface area contributed by atoms with E-state index in [0.717, 1.165) is 6.54 Å². The molecule has 0 bridgehead atoms. The van der Waals surface area contributed by atoms with Crippen molar-refractivity contribution in [3.63, 3.8) is 0 Å². The molecule has 1 saturated carbocycles. The van der Waals surface area contributed by atoms with Gasteiger partial charge in [-0.25, -0.2) is 0 Å². The van der Waals surface area contributed by atoms with Crippen LogP contribution in [0.25, 0.3) is 0 Å². The Morgan fingerprint density at radius 1 is 1.44 bits per heavy atom. The molecule has 16 heavy (non-hydrogen) atoms. The van der Waals surface area contributed by atoms with E-state index in [1.54, 1.807) is 0 Å². The van der Waals surface area contributed by atoms with Gasteiger partial charge in [0.2, 0.25) is 5.91 Å². The van der Waals surface area contributed by atoms with Gasteiger partial charge in [-0.3, -0.25) is 4.79 Å². The number of carbonyl (C=O) groups excluding carboxylic acids is 1. The summed E-state index contributed by atoms with van der Waals surface area (Å²) in [6.07, 6.45) is 7.28. The SMILES string of the molecule is CSC1(CNC(=O)COC(C)C)CCCC1. The van der Waals surface area contributed by atoms with Gasteiger partial charge in [0.05, 0.1) is 6.10 Å². The van der Waals surface area contributed by atoms with Gasteiger partial charge in [0.25, 0.3) is 0 Å². The van der Waals surface area contributed by atoms with E-state index >= 15 is 0 Å². The zero-order chi connectivity index (χ0) is 12.0. The normalized spacial score (nSPS) is 19.0. The molecular weight excluding hydrogens is 222 g/mol. The zero-order valence-electron chi connectivity index (χ0n) is 10.5. The summed E-state index contributed by atoms with van der Waals surface area (Å²) in [5.41, 5.74) is 0. The van der Waals surface area contributed by atoms with E-state index in [2.05, 4.69) is 11.6 Å². The van der Waals surface area contributed by atoms with Crippen LogP contribution in [0.3, 0.4) is 0 Å². The first-order chi connectivity index (χ1) is 7.58. The molecule has 0 aromatic rings. The van der Waals surface area contributed by atoms with E-state index in [0.29, 0.717) is 0 Å². The Morgan fingerprint density at radius 2 is 2.06 bits per heavy atom. The van der Waals surface area contributed by atoms with Crippen molar-refractivity contribution in [2.75, 3.05) is 19.4 Å². The molecule has 1 N–H and O–H groups in total. The van der Waals surface area contributed by atoms with Gasteiger partial charge in [0, 0.05) is 11.3 Å². The molecule has 0 aliphatic heterocycles. The van der Waals surface area contributed by atoms with E-state index in [4.69, 9.17) is 4.74 Å². The molecule has 0 radical (unpaired) electrons. The molecule has 0 aromatic heterocycles. The van der Waals surface area contributed by atoms with Gasteiger partial charge in [-0.2, -0.15) is 11.8 Å². The van der Waals surface area contributed by atoms with Crippen LogP contribution >= 0.6 is 11.8 Å². The van der Waals surface area contributed by atoms with Crippen molar-refractivity contribution in [1.29, 1.82) is 0 Å². The molecule has 1 aliphatic rings. The topological polar surface area (TPSA) is 38.3 Å². The second-order valence-electron chi connectivity index (χ2n) is 4.73.